The molecule has 8 heteroatoms. The van der Waals surface area contributed by atoms with Crippen molar-refractivity contribution in [2.75, 3.05) is 5.32 Å². The van der Waals surface area contributed by atoms with Crippen molar-refractivity contribution in [3.05, 3.63) is 45.2 Å². The molecule has 122 valence electrons. The standard InChI is InChI=1S/C15H17ClN4O2S/c1-2-12(15(22)19-8-10-4-3-5-23-10)20-14-11(16)6-9(7-18-14)13(17)21/h3-7,12H,2,8H2,1H3,(H2,17,21)(H,18,20)(H,19,22). The summed E-state index contributed by atoms with van der Waals surface area (Å²) in [5, 5.41) is 8.06. The average Bonchev–Trinajstić information content (AvgIpc) is 3.04. The van der Waals surface area contributed by atoms with E-state index in [1.54, 1.807) is 11.3 Å². The van der Waals surface area contributed by atoms with Crippen molar-refractivity contribution in [2.24, 2.45) is 5.73 Å². The summed E-state index contributed by atoms with van der Waals surface area (Å²) in [6.07, 6.45) is 1.89. The van der Waals surface area contributed by atoms with Crippen LogP contribution in [0.4, 0.5) is 5.82 Å². The zero-order valence-corrected chi connectivity index (χ0v) is 14.1. The highest BCUT2D eigenvalue weighted by Gasteiger charge is 2.18. The number of nitrogens with two attached hydrogens (primary N) is 1. The van der Waals surface area contributed by atoms with Gasteiger partial charge in [0.1, 0.15) is 11.9 Å². The lowest BCUT2D eigenvalue weighted by atomic mass is 10.2. The SMILES string of the molecule is CCC(Nc1ncc(C(N)=O)cc1Cl)C(=O)NCc1cccs1. The van der Waals surface area contributed by atoms with Gasteiger partial charge in [-0.05, 0) is 23.9 Å². The third-order valence-electron chi connectivity index (χ3n) is 3.18. The normalized spacial score (nSPS) is 11.7. The number of amides is 2. The van der Waals surface area contributed by atoms with Gasteiger partial charge in [0, 0.05) is 11.1 Å². The van der Waals surface area contributed by atoms with Crippen LogP contribution in [0.5, 0.6) is 0 Å². The third-order valence-corrected chi connectivity index (χ3v) is 4.34. The molecule has 2 amide bonds. The largest absolute Gasteiger partial charge is 0.366 e. The van der Waals surface area contributed by atoms with Crippen LogP contribution in [0.15, 0.2) is 29.8 Å². The minimum atomic E-state index is -0.605. The van der Waals surface area contributed by atoms with E-state index in [0.717, 1.165) is 4.88 Å². The van der Waals surface area contributed by atoms with E-state index in [-0.39, 0.29) is 16.5 Å². The van der Waals surface area contributed by atoms with Crippen molar-refractivity contribution >= 4 is 40.6 Å². The van der Waals surface area contributed by atoms with Crippen molar-refractivity contribution in [2.45, 2.75) is 25.9 Å². The van der Waals surface area contributed by atoms with Gasteiger partial charge in [0.05, 0.1) is 17.1 Å². The third kappa shape index (κ3) is 4.67. The minimum Gasteiger partial charge on any atom is -0.366 e. The monoisotopic (exact) mass is 352 g/mol. The van der Waals surface area contributed by atoms with Gasteiger partial charge in [0.2, 0.25) is 11.8 Å². The van der Waals surface area contributed by atoms with Crippen molar-refractivity contribution < 1.29 is 9.59 Å². The maximum Gasteiger partial charge on any atom is 0.250 e. The predicted octanol–water partition coefficient (Wildman–Crippen LogP) is 2.40. The second-order valence-electron chi connectivity index (χ2n) is 4.82. The highest BCUT2D eigenvalue weighted by molar-refractivity contribution is 7.09. The van der Waals surface area contributed by atoms with Crippen molar-refractivity contribution in [3.8, 4) is 0 Å². The Morgan fingerprint density at radius 3 is 2.83 bits per heavy atom. The number of carbonyl (C=O) groups excluding carboxylic acids is 2. The molecular formula is C15H17ClN4O2S. The van der Waals surface area contributed by atoms with Gasteiger partial charge in [-0.15, -0.1) is 11.3 Å². The molecule has 2 aromatic heterocycles. The molecule has 0 fully saturated rings. The van der Waals surface area contributed by atoms with Crippen LogP contribution in [0, 0.1) is 0 Å². The number of primary amides is 1. The Balaban J connectivity index is 2.00. The first kappa shape index (κ1) is 17.2. The minimum absolute atomic E-state index is 0.141. The quantitative estimate of drug-likeness (QED) is 0.712. The van der Waals surface area contributed by atoms with E-state index in [2.05, 4.69) is 15.6 Å². The molecule has 0 spiro atoms. The summed E-state index contributed by atoms with van der Waals surface area (Å²) in [5.74, 6) is -0.404. The number of aromatic nitrogens is 1. The zero-order valence-electron chi connectivity index (χ0n) is 12.5. The molecule has 0 radical (unpaired) electrons. The van der Waals surface area contributed by atoms with Crippen LogP contribution >= 0.6 is 22.9 Å². The molecule has 4 N–H and O–H groups in total. The van der Waals surface area contributed by atoms with Crippen molar-refractivity contribution in [1.29, 1.82) is 0 Å². The first-order chi connectivity index (χ1) is 11.0. The van der Waals surface area contributed by atoms with E-state index >= 15 is 0 Å². The smallest absolute Gasteiger partial charge is 0.250 e. The lowest BCUT2D eigenvalue weighted by Crippen LogP contribution is -2.39. The highest BCUT2D eigenvalue weighted by Crippen LogP contribution is 2.21. The number of nitrogens with one attached hydrogen (secondary N) is 2. The summed E-state index contributed by atoms with van der Waals surface area (Å²) in [4.78, 5) is 28.5. The summed E-state index contributed by atoms with van der Waals surface area (Å²) in [5.41, 5.74) is 5.39. The molecule has 2 rings (SSSR count). The highest BCUT2D eigenvalue weighted by atomic mass is 35.5. The molecule has 2 aromatic rings. The molecule has 0 bridgehead atoms. The fraction of sp³-hybridized carbons (Fsp3) is 0.267. The van der Waals surface area contributed by atoms with E-state index in [9.17, 15) is 9.59 Å². The van der Waals surface area contributed by atoms with Crippen molar-refractivity contribution in [1.82, 2.24) is 10.3 Å². The number of hydrogen-bond donors (Lipinski definition) is 3. The van der Waals surface area contributed by atoms with Crippen LogP contribution < -0.4 is 16.4 Å². The van der Waals surface area contributed by atoms with Gasteiger partial charge in [-0.3, -0.25) is 9.59 Å². The average molecular weight is 353 g/mol. The van der Waals surface area contributed by atoms with E-state index in [1.807, 2.05) is 24.4 Å². The first-order valence-electron chi connectivity index (χ1n) is 7.03. The summed E-state index contributed by atoms with van der Waals surface area (Å²) in [6, 6.07) is 4.85. The fourth-order valence-electron chi connectivity index (χ4n) is 1.91. The molecular weight excluding hydrogens is 336 g/mol. The molecule has 0 aliphatic carbocycles. The lowest BCUT2D eigenvalue weighted by molar-refractivity contribution is -0.122. The number of anilines is 1. The second-order valence-corrected chi connectivity index (χ2v) is 6.26. The van der Waals surface area contributed by atoms with Gasteiger partial charge >= 0.3 is 0 Å². The number of thiophene rings is 1. The Hall–Kier alpha value is -2.12. The van der Waals surface area contributed by atoms with Crippen LogP contribution in [0.3, 0.4) is 0 Å². The van der Waals surface area contributed by atoms with Crippen LogP contribution in [0.2, 0.25) is 5.02 Å². The first-order valence-corrected chi connectivity index (χ1v) is 8.29. The Labute approximate surface area is 143 Å². The molecule has 0 saturated heterocycles. The van der Waals surface area contributed by atoms with Crippen LogP contribution in [-0.4, -0.2) is 22.8 Å². The lowest BCUT2D eigenvalue weighted by Gasteiger charge is -2.18. The van der Waals surface area contributed by atoms with Gasteiger partial charge in [-0.25, -0.2) is 4.98 Å². The Bertz CT molecular complexity index is 691. The maximum atomic E-state index is 12.2. The molecule has 2 heterocycles. The van der Waals surface area contributed by atoms with Gasteiger partial charge < -0.3 is 16.4 Å². The topological polar surface area (TPSA) is 97.1 Å². The second kappa shape index (κ2) is 7.94. The summed E-state index contributed by atoms with van der Waals surface area (Å²) in [7, 11) is 0. The van der Waals surface area contributed by atoms with E-state index in [0.29, 0.717) is 18.8 Å². The van der Waals surface area contributed by atoms with E-state index < -0.39 is 11.9 Å². The number of nitrogens with zero attached hydrogens (tertiary/aromatic N) is 1. The van der Waals surface area contributed by atoms with Crippen LogP contribution in [-0.2, 0) is 11.3 Å². The maximum absolute atomic E-state index is 12.2. The molecule has 23 heavy (non-hydrogen) atoms. The molecule has 0 aliphatic heterocycles. The van der Waals surface area contributed by atoms with E-state index in [1.165, 1.54) is 12.3 Å². The van der Waals surface area contributed by atoms with Crippen molar-refractivity contribution in [3.63, 3.8) is 0 Å². The van der Waals surface area contributed by atoms with Crippen LogP contribution in [0.25, 0.3) is 0 Å². The van der Waals surface area contributed by atoms with Gasteiger partial charge in [0.25, 0.3) is 0 Å². The van der Waals surface area contributed by atoms with Gasteiger partial charge in [-0.2, -0.15) is 0 Å². The van der Waals surface area contributed by atoms with E-state index in [4.69, 9.17) is 17.3 Å². The number of hydrogen-bond acceptors (Lipinski definition) is 5. The zero-order chi connectivity index (χ0) is 16.8. The Kier molecular flexibility index (Phi) is 5.95. The summed E-state index contributed by atoms with van der Waals surface area (Å²) in [6.45, 7) is 2.37. The number of rotatable bonds is 7. The molecule has 0 aromatic carbocycles. The number of pyridine rings is 1. The predicted molar refractivity (Wildman–Crippen MR) is 91.6 cm³/mol. The Morgan fingerprint density at radius 2 is 2.26 bits per heavy atom. The molecule has 0 aliphatic rings. The molecule has 0 saturated carbocycles. The Morgan fingerprint density at radius 1 is 1.48 bits per heavy atom. The summed E-state index contributed by atoms with van der Waals surface area (Å²) >= 11 is 7.66. The molecule has 1 unspecified atom stereocenters. The fourth-order valence-corrected chi connectivity index (χ4v) is 2.77. The number of halogens is 1. The van der Waals surface area contributed by atoms with Gasteiger partial charge in [0.15, 0.2) is 0 Å². The number of carbonyl (C=O) groups is 2. The molecule has 1 atom stereocenters. The summed E-state index contributed by atoms with van der Waals surface area (Å²) < 4.78 is 0. The molecule has 6 nitrogen and oxygen atoms in total. The van der Waals surface area contributed by atoms with Crippen LogP contribution in [0.1, 0.15) is 28.6 Å². The van der Waals surface area contributed by atoms with Gasteiger partial charge in [-0.1, -0.05) is 24.6 Å².